The summed E-state index contributed by atoms with van der Waals surface area (Å²) in [6.07, 6.45) is 0.834. The van der Waals surface area contributed by atoms with E-state index in [-0.39, 0.29) is 10.8 Å². The van der Waals surface area contributed by atoms with Gasteiger partial charge in [0, 0.05) is 38.3 Å². The third-order valence-corrected chi connectivity index (χ3v) is 7.52. The van der Waals surface area contributed by atoms with E-state index in [1.165, 1.54) is 0 Å². The molecular formula is C27H32N4O3S. The fraction of sp³-hybridized carbons (Fsp3) is 0.296. The van der Waals surface area contributed by atoms with Crippen LogP contribution in [0.4, 0.5) is 11.4 Å². The number of hydrogen-bond donors (Lipinski definition) is 3. The number of piperazine rings is 1. The van der Waals surface area contributed by atoms with E-state index < -0.39 is 10.0 Å². The van der Waals surface area contributed by atoms with Crippen LogP contribution < -0.4 is 20.3 Å². The smallest absolute Gasteiger partial charge is 0.261 e. The number of anilines is 2. The van der Waals surface area contributed by atoms with Crippen molar-refractivity contribution in [1.29, 1.82) is 0 Å². The minimum absolute atomic E-state index is 0.190. The third-order valence-electron chi connectivity index (χ3n) is 6.14. The Balaban J connectivity index is 1.60. The number of amides is 1. The van der Waals surface area contributed by atoms with Gasteiger partial charge in [0.25, 0.3) is 15.9 Å². The molecule has 4 rings (SSSR count). The predicted molar refractivity (Wildman–Crippen MR) is 141 cm³/mol. The van der Waals surface area contributed by atoms with E-state index >= 15 is 0 Å². The Hall–Kier alpha value is -3.36. The summed E-state index contributed by atoms with van der Waals surface area (Å²) in [7, 11) is -3.83. The van der Waals surface area contributed by atoms with Crippen LogP contribution in [-0.4, -0.2) is 40.5 Å². The van der Waals surface area contributed by atoms with E-state index in [0.717, 1.165) is 55.0 Å². The summed E-state index contributed by atoms with van der Waals surface area (Å²) in [6.45, 7) is 7.54. The molecule has 1 fully saturated rings. The first kappa shape index (κ1) is 24.8. The highest BCUT2D eigenvalue weighted by molar-refractivity contribution is 7.92. The van der Waals surface area contributed by atoms with E-state index in [2.05, 4.69) is 20.3 Å². The van der Waals surface area contributed by atoms with Gasteiger partial charge in [-0.1, -0.05) is 48.9 Å². The molecule has 0 spiro atoms. The van der Waals surface area contributed by atoms with Crippen molar-refractivity contribution in [3.05, 3.63) is 89.0 Å². The molecule has 0 radical (unpaired) electrons. The Labute approximate surface area is 207 Å². The van der Waals surface area contributed by atoms with E-state index in [1.807, 2.05) is 56.3 Å². The van der Waals surface area contributed by atoms with Crippen LogP contribution in [-0.2, 0) is 23.0 Å². The van der Waals surface area contributed by atoms with E-state index in [9.17, 15) is 13.2 Å². The summed E-state index contributed by atoms with van der Waals surface area (Å²) in [6, 6.07) is 20.0. The molecule has 184 valence electrons. The molecule has 0 unspecified atom stereocenters. The Bertz CT molecular complexity index is 1280. The summed E-state index contributed by atoms with van der Waals surface area (Å²) in [5.74, 6) is -0.258. The highest BCUT2D eigenvalue weighted by Crippen LogP contribution is 2.30. The normalized spacial score (nSPS) is 13.9. The first-order valence-electron chi connectivity index (χ1n) is 11.9. The van der Waals surface area contributed by atoms with Crippen molar-refractivity contribution in [3.8, 4) is 0 Å². The first-order valence-corrected chi connectivity index (χ1v) is 13.4. The predicted octanol–water partition coefficient (Wildman–Crippen LogP) is 3.70. The molecule has 1 heterocycles. The monoisotopic (exact) mass is 492 g/mol. The fourth-order valence-corrected chi connectivity index (χ4v) is 5.22. The summed E-state index contributed by atoms with van der Waals surface area (Å²) in [4.78, 5) is 15.3. The van der Waals surface area contributed by atoms with Crippen LogP contribution in [0, 0.1) is 6.92 Å². The molecule has 0 saturated carbocycles. The minimum atomic E-state index is -3.83. The number of nitrogens with one attached hydrogen (secondary N) is 3. The van der Waals surface area contributed by atoms with Gasteiger partial charge in [-0.15, -0.1) is 0 Å². The average Bonchev–Trinajstić information content (AvgIpc) is 2.87. The van der Waals surface area contributed by atoms with Gasteiger partial charge in [-0.2, -0.15) is 0 Å². The van der Waals surface area contributed by atoms with Crippen molar-refractivity contribution >= 4 is 27.3 Å². The Kier molecular flexibility index (Phi) is 7.73. The maximum atomic E-state index is 13.2. The standard InChI is InChI=1S/C27H32N4O3S/c1-3-21-7-10-24(11-8-21)35(33,34)30-25-18-23(9-12-26(25)31-15-13-28-14-16-31)27(32)29-19-22-6-4-5-20(2)17-22/h4-12,17-18,28,30H,3,13-16,19H2,1-2H3,(H,29,32). The molecule has 0 aromatic heterocycles. The van der Waals surface area contributed by atoms with E-state index in [4.69, 9.17) is 0 Å². The number of rotatable bonds is 8. The topological polar surface area (TPSA) is 90.5 Å². The van der Waals surface area contributed by atoms with Crippen LogP contribution >= 0.6 is 0 Å². The summed E-state index contributed by atoms with van der Waals surface area (Å²) < 4.78 is 29.2. The molecule has 0 aliphatic carbocycles. The number of aryl methyl sites for hydroxylation is 2. The molecule has 1 amide bonds. The summed E-state index contributed by atoms with van der Waals surface area (Å²) in [5.41, 5.74) is 4.76. The number of hydrogen-bond acceptors (Lipinski definition) is 5. The van der Waals surface area contributed by atoms with Gasteiger partial charge in [-0.05, 0) is 54.8 Å². The number of nitrogens with zero attached hydrogens (tertiary/aromatic N) is 1. The largest absolute Gasteiger partial charge is 0.367 e. The van der Waals surface area contributed by atoms with Gasteiger partial charge in [0.2, 0.25) is 0 Å². The van der Waals surface area contributed by atoms with Crippen LogP contribution in [0.25, 0.3) is 0 Å². The molecular weight excluding hydrogens is 460 g/mol. The molecule has 0 bridgehead atoms. The van der Waals surface area contributed by atoms with Gasteiger partial charge in [0.15, 0.2) is 0 Å². The van der Waals surface area contributed by atoms with Crippen LogP contribution in [0.15, 0.2) is 71.6 Å². The van der Waals surface area contributed by atoms with Gasteiger partial charge in [0.1, 0.15) is 0 Å². The summed E-state index contributed by atoms with van der Waals surface area (Å²) in [5, 5.41) is 6.25. The van der Waals surface area contributed by atoms with Crippen molar-refractivity contribution in [1.82, 2.24) is 10.6 Å². The van der Waals surface area contributed by atoms with Crippen LogP contribution in [0.1, 0.15) is 34.0 Å². The zero-order valence-corrected chi connectivity index (χ0v) is 21.0. The number of sulfonamides is 1. The van der Waals surface area contributed by atoms with E-state index in [1.54, 1.807) is 24.3 Å². The maximum absolute atomic E-state index is 13.2. The van der Waals surface area contributed by atoms with Gasteiger partial charge in [-0.25, -0.2) is 8.42 Å². The molecule has 1 aliphatic rings. The van der Waals surface area contributed by atoms with Crippen molar-refractivity contribution in [2.24, 2.45) is 0 Å². The quantitative estimate of drug-likeness (QED) is 0.446. The first-order chi connectivity index (χ1) is 16.9. The SMILES string of the molecule is CCc1ccc(S(=O)(=O)Nc2cc(C(=O)NCc3cccc(C)c3)ccc2N2CCNCC2)cc1. The van der Waals surface area contributed by atoms with Crippen molar-refractivity contribution in [2.75, 3.05) is 35.8 Å². The van der Waals surface area contributed by atoms with Gasteiger partial charge < -0.3 is 15.5 Å². The van der Waals surface area contributed by atoms with Gasteiger partial charge >= 0.3 is 0 Å². The molecule has 3 N–H and O–H groups in total. The molecule has 3 aromatic carbocycles. The van der Waals surface area contributed by atoms with Crippen LogP contribution in [0.3, 0.4) is 0 Å². The lowest BCUT2D eigenvalue weighted by Crippen LogP contribution is -2.43. The second kappa shape index (κ2) is 10.9. The number of carbonyl (C=O) groups is 1. The molecule has 35 heavy (non-hydrogen) atoms. The molecule has 8 heteroatoms. The lowest BCUT2D eigenvalue weighted by molar-refractivity contribution is 0.0951. The van der Waals surface area contributed by atoms with Crippen LogP contribution in [0.2, 0.25) is 0 Å². The van der Waals surface area contributed by atoms with Crippen molar-refractivity contribution < 1.29 is 13.2 Å². The maximum Gasteiger partial charge on any atom is 0.261 e. The molecule has 1 saturated heterocycles. The average molecular weight is 493 g/mol. The second-order valence-electron chi connectivity index (χ2n) is 8.74. The second-order valence-corrected chi connectivity index (χ2v) is 10.4. The number of carbonyl (C=O) groups excluding carboxylic acids is 1. The zero-order chi connectivity index (χ0) is 24.8. The van der Waals surface area contributed by atoms with Gasteiger partial charge in [-0.3, -0.25) is 9.52 Å². The Morgan fingerprint density at radius 2 is 1.71 bits per heavy atom. The van der Waals surface area contributed by atoms with Crippen LogP contribution in [0.5, 0.6) is 0 Å². The lowest BCUT2D eigenvalue weighted by Gasteiger charge is -2.31. The molecule has 1 aliphatic heterocycles. The molecule has 3 aromatic rings. The highest BCUT2D eigenvalue weighted by atomic mass is 32.2. The molecule has 7 nitrogen and oxygen atoms in total. The fourth-order valence-electron chi connectivity index (χ4n) is 4.16. The molecule has 0 atom stereocenters. The number of benzene rings is 3. The van der Waals surface area contributed by atoms with Gasteiger partial charge in [0.05, 0.1) is 16.3 Å². The lowest BCUT2D eigenvalue weighted by atomic mass is 10.1. The van der Waals surface area contributed by atoms with Crippen molar-refractivity contribution in [2.45, 2.75) is 31.7 Å². The summed E-state index contributed by atoms with van der Waals surface area (Å²) >= 11 is 0. The third kappa shape index (κ3) is 6.21. The Morgan fingerprint density at radius 3 is 2.40 bits per heavy atom. The minimum Gasteiger partial charge on any atom is -0.367 e. The zero-order valence-electron chi connectivity index (χ0n) is 20.2. The van der Waals surface area contributed by atoms with Crippen molar-refractivity contribution in [3.63, 3.8) is 0 Å². The van der Waals surface area contributed by atoms with E-state index in [0.29, 0.717) is 17.8 Å². The Morgan fingerprint density at radius 1 is 0.971 bits per heavy atom. The highest BCUT2D eigenvalue weighted by Gasteiger charge is 2.21.